The lowest BCUT2D eigenvalue weighted by molar-refractivity contribution is 0.0981. The summed E-state index contributed by atoms with van der Waals surface area (Å²) in [6.45, 7) is 13.5. The van der Waals surface area contributed by atoms with E-state index in [1.165, 1.54) is 42.5 Å². The largest absolute Gasteiger partial charge is 0.477 e. The molecule has 3 N–H and O–H groups in total. The molecular formula is C35H50ClN7O4S. The van der Waals surface area contributed by atoms with Crippen LogP contribution in [-0.4, -0.2) is 59.3 Å². The van der Waals surface area contributed by atoms with E-state index in [-0.39, 0.29) is 26.7 Å². The van der Waals surface area contributed by atoms with Crippen LogP contribution in [0.5, 0.6) is 5.88 Å². The van der Waals surface area contributed by atoms with Gasteiger partial charge in [0.15, 0.2) is 10.8 Å². The number of anilines is 1. The molecule has 2 fully saturated rings. The van der Waals surface area contributed by atoms with Gasteiger partial charge in [-0.2, -0.15) is 8.42 Å². The van der Waals surface area contributed by atoms with Crippen molar-refractivity contribution in [2.45, 2.75) is 96.6 Å². The summed E-state index contributed by atoms with van der Waals surface area (Å²) in [6.07, 6.45) is 11.0. The summed E-state index contributed by atoms with van der Waals surface area (Å²) in [7, 11) is -4.30. The lowest BCUT2D eigenvalue weighted by Crippen LogP contribution is -2.31. The van der Waals surface area contributed by atoms with Gasteiger partial charge in [-0.05, 0) is 93.5 Å². The van der Waals surface area contributed by atoms with E-state index in [2.05, 4.69) is 65.0 Å². The maximum Gasteiger partial charge on any atom is 0.281 e. The van der Waals surface area contributed by atoms with Gasteiger partial charge in [-0.3, -0.25) is 4.79 Å². The van der Waals surface area contributed by atoms with Crippen molar-refractivity contribution in [3.63, 3.8) is 0 Å². The van der Waals surface area contributed by atoms with Gasteiger partial charge in [-0.25, -0.2) is 19.4 Å². The Morgan fingerprint density at radius 1 is 1.12 bits per heavy atom. The summed E-state index contributed by atoms with van der Waals surface area (Å²) in [6, 6.07) is 9.40. The van der Waals surface area contributed by atoms with Crippen molar-refractivity contribution >= 4 is 33.3 Å². The van der Waals surface area contributed by atoms with Crippen molar-refractivity contribution in [1.82, 2.24) is 29.8 Å². The molecule has 1 saturated carbocycles. The van der Waals surface area contributed by atoms with Crippen LogP contribution >= 0.6 is 11.6 Å². The van der Waals surface area contributed by atoms with Gasteiger partial charge in [0.1, 0.15) is 11.0 Å². The Hall–Kier alpha value is -3.22. The third kappa shape index (κ3) is 10.1. The first kappa shape index (κ1) is 36.1. The smallest absolute Gasteiger partial charge is 0.281 e. The highest BCUT2D eigenvalue weighted by Gasteiger charge is 2.32. The second-order valence-electron chi connectivity index (χ2n) is 15.3. The maximum atomic E-state index is 13.2. The fraction of sp³-hybridized carbons (Fsp3) is 0.600. The molecule has 11 nitrogen and oxygen atoms in total. The number of hydrogen-bond donors (Lipinski definition) is 3. The van der Waals surface area contributed by atoms with Crippen LogP contribution in [0.25, 0.3) is 5.82 Å². The lowest BCUT2D eigenvalue weighted by Gasteiger charge is -2.28. The van der Waals surface area contributed by atoms with Crippen molar-refractivity contribution in [1.29, 1.82) is 0 Å². The van der Waals surface area contributed by atoms with Gasteiger partial charge in [0.25, 0.3) is 15.9 Å². The van der Waals surface area contributed by atoms with Crippen LogP contribution in [0.3, 0.4) is 0 Å². The summed E-state index contributed by atoms with van der Waals surface area (Å²) in [4.78, 5) is 21.7. The van der Waals surface area contributed by atoms with E-state index in [0.29, 0.717) is 42.5 Å². The zero-order valence-corrected chi connectivity index (χ0v) is 30.3. The van der Waals surface area contributed by atoms with Crippen LogP contribution in [0.2, 0.25) is 5.15 Å². The monoisotopic (exact) mass is 699 g/mol. The van der Waals surface area contributed by atoms with Gasteiger partial charge < -0.3 is 15.4 Å². The van der Waals surface area contributed by atoms with Crippen molar-refractivity contribution in [3.05, 3.63) is 53.3 Å². The summed E-state index contributed by atoms with van der Waals surface area (Å²) in [5.74, 6) is 2.05. The minimum absolute atomic E-state index is 0.0898. The molecular weight excluding hydrogens is 650 g/mol. The van der Waals surface area contributed by atoms with Gasteiger partial charge >= 0.3 is 0 Å². The summed E-state index contributed by atoms with van der Waals surface area (Å²) >= 11 is 6.36. The number of pyridine rings is 2. The Bertz CT molecular complexity index is 1660. The highest BCUT2D eigenvalue weighted by molar-refractivity contribution is 7.90. The number of amides is 1. The number of nitrogens with one attached hydrogen (secondary N) is 3. The van der Waals surface area contributed by atoms with E-state index >= 15 is 0 Å². The minimum Gasteiger partial charge on any atom is -0.477 e. The van der Waals surface area contributed by atoms with Gasteiger partial charge in [0, 0.05) is 24.3 Å². The van der Waals surface area contributed by atoms with Crippen molar-refractivity contribution in [2.75, 3.05) is 25.0 Å². The maximum absolute atomic E-state index is 13.2. The molecule has 48 heavy (non-hydrogen) atoms. The number of aromatic nitrogens is 4. The van der Waals surface area contributed by atoms with E-state index in [1.54, 1.807) is 30.5 Å². The molecule has 0 radical (unpaired) electrons. The molecule has 4 heterocycles. The van der Waals surface area contributed by atoms with Gasteiger partial charge in [0.05, 0.1) is 12.2 Å². The highest BCUT2D eigenvalue weighted by Crippen LogP contribution is 2.34. The number of hydrogen-bond acceptors (Lipinski definition) is 9. The Labute approximate surface area is 290 Å². The molecule has 5 rings (SSSR count). The molecule has 1 aliphatic carbocycles. The molecule has 1 aliphatic heterocycles. The van der Waals surface area contributed by atoms with E-state index < -0.39 is 15.9 Å². The van der Waals surface area contributed by atoms with Gasteiger partial charge in [-0.15, -0.1) is 5.10 Å². The second-order valence-corrected chi connectivity index (χ2v) is 17.3. The first-order valence-corrected chi connectivity index (χ1v) is 18.9. The van der Waals surface area contributed by atoms with Crippen LogP contribution in [0.1, 0.15) is 96.3 Å². The quantitative estimate of drug-likeness (QED) is 0.158. The van der Waals surface area contributed by atoms with Crippen LogP contribution in [0, 0.1) is 23.2 Å². The number of nitrogens with zero attached hydrogens (tertiary/aromatic N) is 4. The number of rotatable bonds is 14. The Morgan fingerprint density at radius 3 is 2.58 bits per heavy atom. The number of halogens is 1. The van der Waals surface area contributed by atoms with Gasteiger partial charge in [0.2, 0.25) is 5.88 Å². The molecule has 1 saturated heterocycles. The fourth-order valence-corrected chi connectivity index (χ4v) is 8.20. The van der Waals surface area contributed by atoms with Crippen LogP contribution < -0.4 is 20.1 Å². The van der Waals surface area contributed by atoms with Crippen LogP contribution in [-0.2, 0) is 10.0 Å². The molecule has 0 bridgehead atoms. The van der Waals surface area contributed by atoms with E-state index in [9.17, 15) is 13.2 Å². The minimum atomic E-state index is -4.30. The molecule has 13 heteroatoms. The number of sulfonamides is 1. The standard InChI is InChI=1S/C35H50ClN7O4S/c1-34(2,3)20-25(19-26-21-35(4,5)38-23-26)22-37-28-11-8-12-31(39-28)48(45,46)42-33(44)27-13-14-29(40-32(27)36)43-17-15-30(41-43)47-18-16-24-9-6-7-10-24/h8,11-15,17,24-26,38H,6-7,9-10,16,18-23H2,1-5H3,(H,37,39)(H,42,44)/t25?,26-/m0/s1. The van der Waals surface area contributed by atoms with Crippen LogP contribution in [0.4, 0.5) is 5.82 Å². The van der Waals surface area contributed by atoms with Gasteiger partial charge in [-0.1, -0.05) is 64.1 Å². The predicted molar refractivity (Wildman–Crippen MR) is 188 cm³/mol. The van der Waals surface area contributed by atoms with Crippen molar-refractivity contribution in [2.24, 2.45) is 23.2 Å². The normalized spacial score (nSPS) is 18.9. The predicted octanol–water partition coefficient (Wildman–Crippen LogP) is 6.64. The van der Waals surface area contributed by atoms with E-state index in [1.807, 2.05) is 0 Å². The van der Waals surface area contributed by atoms with Crippen LogP contribution in [0.15, 0.2) is 47.6 Å². The number of ether oxygens (including phenoxy) is 1. The summed E-state index contributed by atoms with van der Waals surface area (Å²) in [5.41, 5.74) is 0.205. The Balaban J connectivity index is 1.18. The fourth-order valence-electron chi connectivity index (χ4n) is 7.03. The highest BCUT2D eigenvalue weighted by atomic mass is 35.5. The van der Waals surface area contributed by atoms with Crippen molar-refractivity contribution in [3.8, 4) is 11.7 Å². The molecule has 1 amide bonds. The number of carbonyl (C=O) groups excluding carboxylic acids is 1. The van der Waals surface area contributed by atoms with E-state index in [4.69, 9.17) is 16.3 Å². The molecule has 3 aromatic rings. The molecule has 1 unspecified atom stereocenters. The van der Waals surface area contributed by atoms with E-state index in [0.717, 1.165) is 38.1 Å². The summed E-state index contributed by atoms with van der Waals surface area (Å²) in [5, 5.41) is 10.9. The van der Waals surface area contributed by atoms with Crippen molar-refractivity contribution < 1.29 is 17.9 Å². The first-order chi connectivity index (χ1) is 22.7. The Kier molecular flexibility index (Phi) is 11.4. The summed E-state index contributed by atoms with van der Waals surface area (Å²) < 4.78 is 35.9. The molecule has 2 aliphatic rings. The zero-order chi connectivity index (χ0) is 34.5. The topological polar surface area (TPSA) is 140 Å². The SMILES string of the molecule is CC(C)(C)CC(CNc1cccc(S(=O)(=O)NC(=O)c2ccc(-n3ccc(OCCC4CCCC4)n3)nc2Cl)n1)C[C@@H]1CNC(C)(C)C1. The molecule has 3 aromatic heterocycles. The molecule has 0 spiro atoms. The third-order valence-corrected chi connectivity index (χ3v) is 10.7. The average molecular weight is 700 g/mol. The zero-order valence-electron chi connectivity index (χ0n) is 28.8. The average Bonchev–Trinajstić information content (AvgIpc) is 3.77. The molecule has 262 valence electrons. The second kappa shape index (κ2) is 15.1. The third-order valence-electron chi connectivity index (χ3n) is 9.16. The number of carbonyl (C=O) groups is 1. The molecule has 0 aromatic carbocycles. The Morgan fingerprint density at radius 2 is 1.90 bits per heavy atom. The molecule has 2 atom stereocenters. The lowest BCUT2D eigenvalue weighted by atomic mass is 9.79. The first-order valence-electron chi connectivity index (χ1n) is 17.0.